The van der Waals surface area contributed by atoms with Crippen LogP contribution in [0, 0.1) is 0 Å². The van der Waals surface area contributed by atoms with Gasteiger partial charge in [0, 0.05) is 6.42 Å². The number of carbonyl (C=O) groups is 2. The van der Waals surface area contributed by atoms with E-state index in [0.717, 1.165) is 6.42 Å². The molecule has 0 aromatic carbocycles. The summed E-state index contributed by atoms with van der Waals surface area (Å²) in [6.07, 6.45) is 1.43. The van der Waals surface area contributed by atoms with Gasteiger partial charge in [0.15, 0.2) is 5.78 Å². The van der Waals surface area contributed by atoms with Gasteiger partial charge in [0.05, 0.1) is 13.2 Å². The first-order chi connectivity index (χ1) is 6.15. The molecule has 0 unspecified atom stereocenters. The largest absolute Gasteiger partial charge is 0.453 e. The standard InChI is InChI=1S/C9H17NO3/c1-4-6-7(8(11)5-2)10-9(12)13-3/h7H,4-6H2,1-3H3,(H,10,12)/t7-/m1/s1. The normalized spacial score (nSPS) is 11.9. The van der Waals surface area contributed by atoms with Gasteiger partial charge in [-0.1, -0.05) is 20.3 Å². The number of nitrogens with one attached hydrogen (secondary N) is 1. The van der Waals surface area contributed by atoms with Crippen LogP contribution >= 0.6 is 0 Å². The number of amides is 1. The highest BCUT2D eigenvalue weighted by Gasteiger charge is 2.17. The lowest BCUT2D eigenvalue weighted by atomic mass is 10.1. The van der Waals surface area contributed by atoms with Crippen molar-refractivity contribution in [2.75, 3.05) is 7.11 Å². The van der Waals surface area contributed by atoms with Gasteiger partial charge < -0.3 is 10.1 Å². The van der Waals surface area contributed by atoms with Crippen molar-refractivity contribution in [1.82, 2.24) is 5.32 Å². The summed E-state index contributed by atoms with van der Waals surface area (Å²) >= 11 is 0. The minimum atomic E-state index is -0.541. The Hall–Kier alpha value is -1.06. The summed E-state index contributed by atoms with van der Waals surface area (Å²) in [5, 5.41) is 2.51. The van der Waals surface area contributed by atoms with Crippen LogP contribution in [0.1, 0.15) is 33.1 Å². The molecular weight excluding hydrogens is 170 g/mol. The number of Topliss-reactive ketones (excluding diaryl/α,β-unsaturated/α-hetero) is 1. The second-order valence-electron chi connectivity index (χ2n) is 2.80. The fourth-order valence-electron chi connectivity index (χ4n) is 1.05. The van der Waals surface area contributed by atoms with Crippen LogP contribution in [0.4, 0.5) is 4.79 Å². The number of ketones is 1. The molecule has 13 heavy (non-hydrogen) atoms. The molecule has 76 valence electrons. The highest BCUT2D eigenvalue weighted by atomic mass is 16.5. The Morgan fingerprint density at radius 2 is 2.00 bits per heavy atom. The topological polar surface area (TPSA) is 55.4 Å². The van der Waals surface area contributed by atoms with Crippen molar-refractivity contribution in [2.24, 2.45) is 0 Å². The fourth-order valence-corrected chi connectivity index (χ4v) is 1.05. The summed E-state index contributed by atoms with van der Waals surface area (Å²) in [6, 6.07) is -0.387. The Morgan fingerprint density at radius 3 is 2.38 bits per heavy atom. The van der Waals surface area contributed by atoms with E-state index in [1.807, 2.05) is 6.92 Å². The molecule has 0 saturated carbocycles. The molecule has 0 aromatic heterocycles. The SMILES string of the molecule is CCC[C@@H](NC(=O)OC)C(=O)CC. The molecule has 4 heteroatoms. The van der Waals surface area contributed by atoms with Gasteiger partial charge in [0.2, 0.25) is 0 Å². The van der Waals surface area contributed by atoms with Crippen molar-refractivity contribution in [3.05, 3.63) is 0 Å². The van der Waals surface area contributed by atoms with Crippen molar-refractivity contribution in [1.29, 1.82) is 0 Å². The first-order valence-corrected chi connectivity index (χ1v) is 4.52. The van der Waals surface area contributed by atoms with Crippen molar-refractivity contribution < 1.29 is 14.3 Å². The quantitative estimate of drug-likeness (QED) is 0.709. The molecule has 1 N–H and O–H groups in total. The van der Waals surface area contributed by atoms with Gasteiger partial charge in [0.25, 0.3) is 0 Å². The highest BCUT2D eigenvalue weighted by molar-refractivity contribution is 5.87. The van der Waals surface area contributed by atoms with Crippen molar-refractivity contribution in [2.45, 2.75) is 39.2 Å². The van der Waals surface area contributed by atoms with Crippen LogP contribution in [0.3, 0.4) is 0 Å². The Labute approximate surface area is 78.6 Å². The van der Waals surface area contributed by atoms with Crippen LogP contribution in [-0.4, -0.2) is 25.0 Å². The molecule has 1 atom stereocenters. The number of rotatable bonds is 5. The molecule has 0 aliphatic carbocycles. The molecule has 0 rings (SSSR count). The summed E-state index contributed by atoms with van der Waals surface area (Å²) in [5.74, 6) is 0.0484. The van der Waals surface area contributed by atoms with Gasteiger partial charge in [-0.15, -0.1) is 0 Å². The molecule has 0 aliphatic heterocycles. The number of hydrogen-bond acceptors (Lipinski definition) is 3. The zero-order chi connectivity index (χ0) is 10.3. The molecule has 0 spiro atoms. The number of alkyl carbamates (subject to hydrolysis) is 1. The summed E-state index contributed by atoms with van der Waals surface area (Å²) in [6.45, 7) is 3.75. The van der Waals surface area contributed by atoms with E-state index in [-0.39, 0.29) is 11.8 Å². The molecule has 0 radical (unpaired) electrons. The second kappa shape index (κ2) is 6.46. The first-order valence-electron chi connectivity index (χ1n) is 4.52. The lowest BCUT2D eigenvalue weighted by Crippen LogP contribution is -2.40. The van der Waals surface area contributed by atoms with Crippen LogP contribution in [0.2, 0.25) is 0 Å². The number of methoxy groups -OCH3 is 1. The third-order valence-electron chi connectivity index (χ3n) is 1.79. The van der Waals surface area contributed by atoms with E-state index in [0.29, 0.717) is 12.8 Å². The van der Waals surface area contributed by atoms with Gasteiger partial charge >= 0.3 is 6.09 Å². The predicted octanol–water partition coefficient (Wildman–Crippen LogP) is 1.49. The molecule has 1 amide bonds. The van der Waals surface area contributed by atoms with Crippen LogP contribution < -0.4 is 5.32 Å². The maximum Gasteiger partial charge on any atom is 0.407 e. The fraction of sp³-hybridized carbons (Fsp3) is 0.778. The van der Waals surface area contributed by atoms with Gasteiger partial charge in [-0.25, -0.2) is 4.79 Å². The van der Waals surface area contributed by atoms with Crippen molar-refractivity contribution in [3.8, 4) is 0 Å². The third-order valence-corrected chi connectivity index (χ3v) is 1.79. The minimum absolute atomic E-state index is 0.0484. The van der Waals surface area contributed by atoms with E-state index in [1.165, 1.54) is 7.11 Å². The van der Waals surface area contributed by atoms with E-state index in [9.17, 15) is 9.59 Å². The zero-order valence-corrected chi connectivity index (χ0v) is 8.42. The van der Waals surface area contributed by atoms with Gasteiger partial charge in [-0.05, 0) is 6.42 Å². The Kier molecular flexibility index (Phi) is 5.93. The Balaban J connectivity index is 4.08. The molecular formula is C9H17NO3. The maximum absolute atomic E-state index is 11.3. The monoisotopic (exact) mass is 187 g/mol. The average Bonchev–Trinajstić information content (AvgIpc) is 2.15. The second-order valence-corrected chi connectivity index (χ2v) is 2.80. The van der Waals surface area contributed by atoms with E-state index in [1.54, 1.807) is 6.92 Å². The van der Waals surface area contributed by atoms with Gasteiger partial charge in [-0.2, -0.15) is 0 Å². The molecule has 0 aromatic rings. The molecule has 4 nitrogen and oxygen atoms in total. The number of ether oxygens (including phenoxy) is 1. The summed E-state index contributed by atoms with van der Waals surface area (Å²) in [7, 11) is 1.29. The van der Waals surface area contributed by atoms with Crippen molar-refractivity contribution in [3.63, 3.8) is 0 Å². The molecule has 0 fully saturated rings. The molecule has 0 aliphatic rings. The summed E-state index contributed by atoms with van der Waals surface area (Å²) in [5.41, 5.74) is 0. The Morgan fingerprint density at radius 1 is 1.38 bits per heavy atom. The maximum atomic E-state index is 11.3. The Bertz CT molecular complexity index is 180. The number of carbonyl (C=O) groups excluding carboxylic acids is 2. The molecule has 0 heterocycles. The predicted molar refractivity (Wildman–Crippen MR) is 49.5 cm³/mol. The molecule has 0 saturated heterocycles. The first kappa shape index (κ1) is 11.9. The highest BCUT2D eigenvalue weighted by Crippen LogP contribution is 2.01. The van der Waals surface area contributed by atoms with E-state index in [2.05, 4.69) is 10.1 Å². The minimum Gasteiger partial charge on any atom is -0.453 e. The van der Waals surface area contributed by atoms with Crippen LogP contribution in [0.5, 0.6) is 0 Å². The van der Waals surface area contributed by atoms with Crippen LogP contribution in [0.25, 0.3) is 0 Å². The lowest BCUT2D eigenvalue weighted by Gasteiger charge is -2.14. The average molecular weight is 187 g/mol. The van der Waals surface area contributed by atoms with Crippen LogP contribution in [-0.2, 0) is 9.53 Å². The summed E-state index contributed by atoms with van der Waals surface area (Å²) in [4.78, 5) is 22.1. The number of hydrogen-bond donors (Lipinski definition) is 1. The van der Waals surface area contributed by atoms with E-state index < -0.39 is 6.09 Å². The summed E-state index contributed by atoms with van der Waals surface area (Å²) < 4.78 is 4.42. The third kappa shape index (κ3) is 4.50. The van der Waals surface area contributed by atoms with Gasteiger partial charge in [-0.3, -0.25) is 4.79 Å². The van der Waals surface area contributed by atoms with Gasteiger partial charge in [0.1, 0.15) is 0 Å². The van der Waals surface area contributed by atoms with E-state index in [4.69, 9.17) is 0 Å². The van der Waals surface area contributed by atoms with Crippen molar-refractivity contribution >= 4 is 11.9 Å². The van der Waals surface area contributed by atoms with Crippen LogP contribution in [0.15, 0.2) is 0 Å². The smallest absolute Gasteiger partial charge is 0.407 e. The van der Waals surface area contributed by atoms with E-state index >= 15 is 0 Å². The zero-order valence-electron chi connectivity index (χ0n) is 8.42. The molecule has 0 bridgehead atoms. The lowest BCUT2D eigenvalue weighted by molar-refractivity contribution is -0.120.